The van der Waals surface area contributed by atoms with Crippen LogP contribution in [0.2, 0.25) is 0 Å². The lowest BCUT2D eigenvalue weighted by molar-refractivity contribution is -0.153. The van der Waals surface area contributed by atoms with E-state index in [0.29, 0.717) is 29.6 Å². The summed E-state index contributed by atoms with van der Waals surface area (Å²) in [5.74, 6) is 0.503. The number of fused-ring (bicyclic) bond motifs is 1. The van der Waals surface area contributed by atoms with Gasteiger partial charge in [0, 0.05) is 23.3 Å². The van der Waals surface area contributed by atoms with Crippen molar-refractivity contribution in [2.75, 3.05) is 6.61 Å². The van der Waals surface area contributed by atoms with E-state index in [2.05, 4.69) is 16.9 Å². The standard InChI is InChI=1S/C30H30F4N2O/c1-2-3-4-5-6-22-18-35-29(36-19-22)25-13-16-27-24(17-25)12-11-23(28(27)31)10-7-21-8-14-26(15-9-21)37-20-30(32,33)34/h8-9,11-19H,2-7,10,20H2,1H3. The number of nitrogens with zero attached hydrogens (tertiary/aromatic N) is 2. The van der Waals surface area contributed by atoms with E-state index in [9.17, 15) is 13.2 Å². The van der Waals surface area contributed by atoms with Crippen LogP contribution in [-0.4, -0.2) is 22.8 Å². The first-order chi connectivity index (χ1) is 17.8. The monoisotopic (exact) mass is 510 g/mol. The fraction of sp³-hybridized carbons (Fsp3) is 0.333. The van der Waals surface area contributed by atoms with Crippen molar-refractivity contribution in [2.24, 2.45) is 0 Å². The largest absolute Gasteiger partial charge is 0.484 e. The van der Waals surface area contributed by atoms with Crippen LogP contribution in [0.3, 0.4) is 0 Å². The van der Waals surface area contributed by atoms with E-state index in [1.54, 1.807) is 24.3 Å². The van der Waals surface area contributed by atoms with E-state index in [1.807, 2.05) is 30.6 Å². The van der Waals surface area contributed by atoms with Crippen LogP contribution in [0.5, 0.6) is 5.75 Å². The van der Waals surface area contributed by atoms with Gasteiger partial charge < -0.3 is 4.74 Å². The molecular weight excluding hydrogens is 480 g/mol. The van der Waals surface area contributed by atoms with Crippen LogP contribution in [0.15, 0.2) is 67.0 Å². The van der Waals surface area contributed by atoms with Gasteiger partial charge in [-0.3, -0.25) is 0 Å². The van der Waals surface area contributed by atoms with Crippen LogP contribution in [0.1, 0.15) is 49.3 Å². The molecule has 3 aromatic carbocycles. The summed E-state index contributed by atoms with van der Waals surface area (Å²) >= 11 is 0. The van der Waals surface area contributed by atoms with Crippen molar-refractivity contribution >= 4 is 10.8 Å². The van der Waals surface area contributed by atoms with Gasteiger partial charge in [0.15, 0.2) is 12.4 Å². The Morgan fingerprint density at radius 1 is 0.784 bits per heavy atom. The average molecular weight is 511 g/mol. The first-order valence-electron chi connectivity index (χ1n) is 12.6. The summed E-state index contributed by atoms with van der Waals surface area (Å²) < 4.78 is 56.9. The van der Waals surface area contributed by atoms with E-state index in [1.165, 1.54) is 31.4 Å². The summed E-state index contributed by atoms with van der Waals surface area (Å²) in [6.45, 7) is 0.868. The molecule has 3 nitrogen and oxygen atoms in total. The number of hydrogen-bond donors (Lipinski definition) is 0. The number of benzene rings is 3. The molecule has 0 amide bonds. The molecule has 194 valence electrons. The molecule has 0 spiro atoms. The lowest BCUT2D eigenvalue weighted by atomic mass is 9.99. The summed E-state index contributed by atoms with van der Waals surface area (Å²) in [6.07, 6.45) is 6.16. The Kier molecular flexibility index (Phi) is 8.74. The molecule has 0 unspecified atom stereocenters. The maximum Gasteiger partial charge on any atom is 0.422 e. The molecule has 4 aromatic rings. The molecule has 37 heavy (non-hydrogen) atoms. The Bertz CT molecular complexity index is 1300. The zero-order chi connectivity index (χ0) is 26.3. The highest BCUT2D eigenvalue weighted by atomic mass is 19.4. The zero-order valence-electron chi connectivity index (χ0n) is 20.8. The number of alkyl halides is 3. The van der Waals surface area contributed by atoms with Crippen LogP contribution in [0.4, 0.5) is 17.6 Å². The van der Waals surface area contributed by atoms with Crippen LogP contribution < -0.4 is 4.74 Å². The number of hydrogen-bond acceptors (Lipinski definition) is 3. The second kappa shape index (κ2) is 12.2. The fourth-order valence-corrected chi connectivity index (χ4v) is 4.25. The lowest BCUT2D eigenvalue weighted by Crippen LogP contribution is -2.19. The minimum Gasteiger partial charge on any atom is -0.484 e. The van der Waals surface area contributed by atoms with Gasteiger partial charge in [-0.25, -0.2) is 14.4 Å². The van der Waals surface area contributed by atoms with Gasteiger partial charge in [0.2, 0.25) is 0 Å². The summed E-state index contributed by atoms with van der Waals surface area (Å²) in [5, 5.41) is 1.31. The Balaban J connectivity index is 1.39. The van der Waals surface area contributed by atoms with Gasteiger partial charge in [-0.05, 0) is 66.0 Å². The number of aryl methyl sites for hydroxylation is 3. The number of aromatic nitrogens is 2. The smallest absolute Gasteiger partial charge is 0.422 e. The molecule has 0 aliphatic carbocycles. The predicted molar refractivity (Wildman–Crippen MR) is 138 cm³/mol. The molecular formula is C30H30F4N2O. The Labute approximate surface area is 214 Å². The Morgan fingerprint density at radius 2 is 1.54 bits per heavy atom. The van der Waals surface area contributed by atoms with Crippen molar-refractivity contribution in [1.82, 2.24) is 9.97 Å². The van der Waals surface area contributed by atoms with Crippen molar-refractivity contribution in [3.63, 3.8) is 0 Å². The summed E-state index contributed by atoms with van der Waals surface area (Å²) in [5.41, 5.74) is 3.44. The van der Waals surface area contributed by atoms with E-state index in [-0.39, 0.29) is 11.6 Å². The molecule has 0 saturated carbocycles. The summed E-state index contributed by atoms with van der Waals surface area (Å²) in [4.78, 5) is 9.04. The van der Waals surface area contributed by atoms with E-state index in [0.717, 1.165) is 34.9 Å². The second-order valence-corrected chi connectivity index (χ2v) is 9.25. The second-order valence-electron chi connectivity index (χ2n) is 9.25. The lowest BCUT2D eigenvalue weighted by Gasteiger charge is -2.10. The van der Waals surface area contributed by atoms with E-state index >= 15 is 4.39 Å². The molecule has 4 rings (SSSR count). The van der Waals surface area contributed by atoms with Crippen molar-refractivity contribution in [2.45, 2.75) is 58.0 Å². The number of ether oxygens (including phenoxy) is 1. The van der Waals surface area contributed by atoms with E-state index in [4.69, 9.17) is 4.74 Å². The topological polar surface area (TPSA) is 35.0 Å². The molecule has 0 fully saturated rings. The third-order valence-electron chi connectivity index (χ3n) is 6.33. The Hall–Kier alpha value is -3.48. The first kappa shape index (κ1) is 26.6. The zero-order valence-corrected chi connectivity index (χ0v) is 20.8. The highest BCUT2D eigenvalue weighted by Crippen LogP contribution is 2.27. The van der Waals surface area contributed by atoms with Gasteiger partial charge in [0.05, 0.1) is 0 Å². The number of halogens is 4. The quantitative estimate of drug-likeness (QED) is 0.150. The van der Waals surface area contributed by atoms with Crippen molar-refractivity contribution in [3.05, 3.63) is 89.5 Å². The molecule has 0 saturated heterocycles. The van der Waals surface area contributed by atoms with Crippen molar-refractivity contribution < 1.29 is 22.3 Å². The predicted octanol–water partition coefficient (Wildman–Crippen LogP) is 8.29. The highest BCUT2D eigenvalue weighted by Gasteiger charge is 2.28. The average Bonchev–Trinajstić information content (AvgIpc) is 2.90. The van der Waals surface area contributed by atoms with Crippen molar-refractivity contribution in [1.29, 1.82) is 0 Å². The van der Waals surface area contributed by atoms with Gasteiger partial charge >= 0.3 is 6.18 Å². The first-order valence-corrected chi connectivity index (χ1v) is 12.6. The molecule has 0 radical (unpaired) electrons. The number of rotatable bonds is 11. The molecule has 0 N–H and O–H groups in total. The highest BCUT2D eigenvalue weighted by molar-refractivity contribution is 5.87. The maximum atomic E-state index is 15.3. The molecule has 0 bridgehead atoms. The number of unbranched alkanes of at least 4 members (excludes halogenated alkanes) is 3. The van der Waals surface area contributed by atoms with Crippen LogP contribution in [0.25, 0.3) is 22.2 Å². The van der Waals surface area contributed by atoms with Gasteiger partial charge in [-0.2, -0.15) is 13.2 Å². The van der Waals surface area contributed by atoms with Crippen LogP contribution >= 0.6 is 0 Å². The Morgan fingerprint density at radius 3 is 2.24 bits per heavy atom. The fourth-order valence-electron chi connectivity index (χ4n) is 4.25. The molecule has 7 heteroatoms. The SMILES string of the molecule is CCCCCCc1cnc(-c2ccc3c(F)c(CCc4ccc(OCC(F)(F)F)cc4)ccc3c2)nc1. The van der Waals surface area contributed by atoms with E-state index < -0.39 is 12.8 Å². The molecule has 1 heterocycles. The molecule has 1 aromatic heterocycles. The third kappa shape index (κ3) is 7.51. The van der Waals surface area contributed by atoms with Crippen molar-refractivity contribution in [3.8, 4) is 17.1 Å². The van der Waals surface area contributed by atoms with Gasteiger partial charge in [0.1, 0.15) is 11.6 Å². The minimum absolute atomic E-state index is 0.152. The van der Waals surface area contributed by atoms with Gasteiger partial charge in [-0.1, -0.05) is 62.6 Å². The van der Waals surface area contributed by atoms with Crippen LogP contribution in [-0.2, 0) is 19.3 Å². The minimum atomic E-state index is -4.38. The van der Waals surface area contributed by atoms with Gasteiger partial charge in [-0.15, -0.1) is 0 Å². The summed E-state index contributed by atoms with van der Waals surface area (Å²) in [6, 6.07) is 15.6. The normalized spacial score (nSPS) is 11.7. The molecule has 0 atom stereocenters. The summed E-state index contributed by atoms with van der Waals surface area (Å²) in [7, 11) is 0. The van der Waals surface area contributed by atoms with Gasteiger partial charge in [0.25, 0.3) is 0 Å². The van der Waals surface area contributed by atoms with Crippen LogP contribution in [0, 0.1) is 5.82 Å². The molecule has 0 aliphatic rings. The maximum absolute atomic E-state index is 15.3. The third-order valence-corrected chi connectivity index (χ3v) is 6.33. The molecule has 0 aliphatic heterocycles.